The molecule has 3 rings (SSSR count). The molecule has 9 heteroatoms. The minimum absolute atomic E-state index is 0.215. The lowest BCUT2D eigenvalue weighted by Gasteiger charge is -2.28. The highest BCUT2D eigenvalue weighted by atomic mass is 28.4. The van der Waals surface area contributed by atoms with E-state index in [9.17, 15) is 14.4 Å². The molecule has 0 bridgehead atoms. The van der Waals surface area contributed by atoms with Gasteiger partial charge in [-0.05, 0) is 33.3 Å². The topological polar surface area (TPSA) is 103 Å². The van der Waals surface area contributed by atoms with Gasteiger partial charge in [0.15, 0.2) is 11.6 Å². The molecule has 0 fully saturated rings. The van der Waals surface area contributed by atoms with E-state index in [2.05, 4.69) is 10.6 Å². The number of carbonyl (C=O) groups excluding carboxylic acids is 3. The first-order valence-corrected chi connectivity index (χ1v) is 13.2. The van der Waals surface area contributed by atoms with Crippen molar-refractivity contribution in [3.8, 4) is 0 Å². The number of nitrogens with one attached hydrogen (secondary N) is 2. The fraction of sp³-hybridized carbons (Fsp3) is 0.375. The van der Waals surface area contributed by atoms with Crippen molar-refractivity contribution < 1.29 is 27.7 Å². The molecule has 33 heavy (non-hydrogen) atoms. The number of fused-ring (bicyclic) bond motifs is 2. The number of anilines is 1. The monoisotopic (exact) mass is 470 g/mol. The number of benzene rings is 2. The number of carbonyl (C=O) groups is 3. The van der Waals surface area contributed by atoms with Gasteiger partial charge in [0.05, 0.1) is 11.3 Å². The van der Waals surface area contributed by atoms with Crippen LogP contribution in [0.15, 0.2) is 42.5 Å². The molecule has 8 nitrogen and oxygen atoms in total. The van der Waals surface area contributed by atoms with Gasteiger partial charge in [0.25, 0.3) is 0 Å². The molecule has 2 aromatic rings. The minimum atomic E-state index is -2.77. The first-order chi connectivity index (χ1) is 16.0. The summed E-state index contributed by atoms with van der Waals surface area (Å²) in [5.41, 5.74) is 1.53. The smallest absolute Gasteiger partial charge is 0.374 e. The molecule has 0 saturated carbocycles. The number of ketones is 2. The molecule has 2 aromatic carbocycles. The van der Waals surface area contributed by atoms with Gasteiger partial charge in [-0.15, -0.1) is 0 Å². The number of rotatable bonds is 11. The van der Waals surface area contributed by atoms with E-state index in [0.29, 0.717) is 55.6 Å². The zero-order chi connectivity index (χ0) is 23.8. The van der Waals surface area contributed by atoms with Crippen LogP contribution in [-0.4, -0.2) is 52.8 Å². The van der Waals surface area contributed by atoms with Gasteiger partial charge in [0, 0.05) is 49.1 Å². The van der Waals surface area contributed by atoms with Gasteiger partial charge < -0.3 is 23.9 Å². The number of urea groups is 1. The molecule has 2 N–H and O–H groups in total. The van der Waals surface area contributed by atoms with Crippen molar-refractivity contribution in [2.45, 2.75) is 33.2 Å². The molecule has 0 saturated heterocycles. The minimum Gasteiger partial charge on any atom is -0.374 e. The average Bonchev–Trinajstić information content (AvgIpc) is 2.81. The van der Waals surface area contributed by atoms with Crippen LogP contribution in [0.2, 0.25) is 6.04 Å². The Hall–Kier alpha value is -2.85. The highest BCUT2D eigenvalue weighted by molar-refractivity contribution is 6.60. The Bertz CT molecular complexity index is 1010. The lowest BCUT2D eigenvalue weighted by molar-refractivity contribution is 0.0708. The van der Waals surface area contributed by atoms with E-state index in [1.165, 1.54) is 0 Å². The van der Waals surface area contributed by atoms with Gasteiger partial charge in [-0.3, -0.25) is 9.59 Å². The van der Waals surface area contributed by atoms with Crippen LogP contribution in [-0.2, 0) is 13.3 Å². The Morgan fingerprint density at radius 1 is 0.818 bits per heavy atom. The van der Waals surface area contributed by atoms with Gasteiger partial charge in [0.2, 0.25) is 0 Å². The highest BCUT2D eigenvalue weighted by Gasteiger charge is 2.39. The lowest BCUT2D eigenvalue weighted by Crippen LogP contribution is -2.46. The predicted octanol–water partition coefficient (Wildman–Crippen LogP) is 4.02. The maximum absolute atomic E-state index is 13.1. The van der Waals surface area contributed by atoms with Gasteiger partial charge in [0.1, 0.15) is 0 Å². The van der Waals surface area contributed by atoms with Crippen molar-refractivity contribution in [2.75, 3.05) is 31.7 Å². The number of hydrogen-bond donors (Lipinski definition) is 2. The van der Waals surface area contributed by atoms with E-state index < -0.39 is 14.8 Å². The number of amides is 2. The summed E-state index contributed by atoms with van der Waals surface area (Å²) in [4.78, 5) is 38.4. The van der Waals surface area contributed by atoms with Crippen molar-refractivity contribution in [2.24, 2.45) is 0 Å². The Balaban J connectivity index is 1.64. The summed E-state index contributed by atoms with van der Waals surface area (Å²) in [5, 5.41) is 5.51. The zero-order valence-corrected chi connectivity index (χ0v) is 20.2. The van der Waals surface area contributed by atoms with Crippen LogP contribution in [0.1, 0.15) is 59.0 Å². The third kappa shape index (κ3) is 5.56. The standard InChI is InChI=1S/C24H30N2O6Si/c1-4-30-33(31-5-2,32-6-3)16-10-15-25-24(29)26-20-14-9-13-19-21(20)23(28)18-12-8-7-11-17(18)22(19)27/h7-9,11-14H,4-6,10,15-16H2,1-3H3,(H2,25,26,29). The van der Waals surface area contributed by atoms with Gasteiger partial charge in [-0.25, -0.2) is 4.79 Å². The van der Waals surface area contributed by atoms with Crippen molar-refractivity contribution in [3.05, 3.63) is 64.7 Å². The van der Waals surface area contributed by atoms with Gasteiger partial charge in [-0.2, -0.15) is 0 Å². The second kappa shape index (κ2) is 11.3. The molecule has 0 unspecified atom stereocenters. The Labute approximate surface area is 195 Å². The van der Waals surface area contributed by atoms with Crippen molar-refractivity contribution in [1.82, 2.24) is 5.32 Å². The molecule has 0 radical (unpaired) electrons. The molecule has 2 amide bonds. The zero-order valence-electron chi connectivity index (χ0n) is 19.2. The predicted molar refractivity (Wildman–Crippen MR) is 127 cm³/mol. The molecule has 1 aliphatic carbocycles. The van der Waals surface area contributed by atoms with Crippen molar-refractivity contribution in [1.29, 1.82) is 0 Å². The van der Waals surface area contributed by atoms with Gasteiger partial charge >= 0.3 is 14.8 Å². The Morgan fingerprint density at radius 3 is 2.00 bits per heavy atom. The molecule has 1 aliphatic rings. The van der Waals surface area contributed by atoms with Crippen LogP contribution < -0.4 is 10.6 Å². The maximum atomic E-state index is 13.1. The number of hydrogen-bond acceptors (Lipinski definition) is 6. The first kappa shape index (κ1) is 24.8. The molecule has 0 aliphatic heterocycles. The summed E-state index contributed by atoms with van der Waals surface area (Å²) < 4.78 is 17.5. The Morgan fingerprint density at radius 2 is 1.39 bits per heavy atom. The van der Waals surface area contributed by atoms with Crippen LogP contribution in [0.25, 0.3) is 0 Å². The quantitative estimate of drug-likeness (QED) is 0.324. The van der Waals surface area contributed by atoms with Crippen molar-refractivity contribution in [3.63, 3.8) is 0 Å². The van der Waals surface area contributed by atoms with E-state index in [1.807, 2.05) is 20.8 Å². The summed E-state index contributed by atoms with van der Waals surface area (Å²) in [6.45, 7) is 7.56. The van der Waals surface area contributed by atoms with Crippen LogP contribution in [0.3, 0.4) is 0 Å². The molecule has 0 spiro atoms. The highest BCUT2D eigenvalue weighted by Crippen LogP contribution is 2.31. The summed E-state index contributed by atoms with van der Waals surface area (Å²) >= 11 is 0. The summed E-state index contributed by atoms with van der Waals surface area (Å²) in [6, 6.07) is 11.7. The molecule has 0 aromatic heterocycles. The Kier molecular flexibility index (Phi) is 8.51. The van der Waals surface area contributed by atoms with Crippen LogP contribution >= 0.6 is 0 Å². The molecule has 176 valence electrons. The lowest BCUT2D eigenvalue weighted by atomic mass is 9.83. The van der Waals surface area contributed by atoms with E-state index in [1.54, 1.807) is 42.5 Å². The van der Waals surface area contributed by atoms with Gasteiger partial charge in [-0.1, -0.05) is 36.4 Å². The fourth-order valence-corrected chi connectivity index (χ4v) is 6.54. The third-order valence-electron chi connectivity index (χ3n) is 5.24. The SMILES string of the molecule is CCO[Si](CCCNC(=O)Nc1cccc2c1C(=O)c1ccccc1C2=O)(OCC)OCC. The fourth-order valence-electron chi connectivity index (χ4n) is 3.92. The van der Waals surface area contributed by atoms with Crippen LogP contribution in [0.5, 0.6) is 0 Å². The van der Waals surface area contributed by atoms with Crippen molar-refractivity contribution >= 4 is 32.1 Å². The van der Waals surface area contributed by atoms with E-state index in [-0.39, 0.29) is 22.7 Å². The summed E-state index contributed by atoms with van der Waals surface area (Å²) in [5.74, 6) is -0.509. The third-order valence-corrected chi connectivity index (χ3v) is 8.39. The largest absolute Gasteiger partial charge is 0.500 e. The summed E-state index contributed by atoms with van der Waals surface area (Å²) in [6.07, 6.45) is 0.608. The van der Waals surface area contributed by atoms with Crippen LogP contribution in [0, 0.1) is 0 Å². The first-order valence-electron chi connectivity index (χ1n) is 11.2. The average molecular weight is 471 g/mol. The van der Waals surface area contributed by atoms with E-state index in [4.69, 9.17) is 13.3 Å². The van der Waals surface area contributed by atoms with E-state index >= 15 is 0 Å². The van der Waals surface area contributed by atoms with E-state index in [0.717, 1.165) is 0 Å². The summed E-state index contributed by atoms with van der Waals surface area (Å²) in [7, 11) is -2.77. The van der Waals surface area contributed by atoms with Crippen LogP contribution in [0.4, 0.5) is 10.5 Å². The molecule has 0 heterocycles. The molecular formula is C24H30N2O6Si. The second-order valence-corrected chi connectivity index (χ2v) is 10.1. The molecule has 0 atom stereocenters. The second-order valence-electron chi connectivity index (χ2n) is 7.40. The maximum Gasteiger partial charge on any atom is 0.500 e. The normalized spacial score (nSPS) is 12.8. The molecular weight excluding hydrogens is 440 g/mol.